The molecule has 0 aliphatic carbocycles. The van der Waals surface area contributed by atoms with Crippen molar-refractivity contribution in [2.75, 3.05) is 19.1 Å². The van der Waals surface area contributed by atoms with Crippen molar-refractivity contribution < 1.29 is 14.3 Å². The Hall–Kier alpha value is -2.66. The van der Waals surface area contributed by atoms with Gasteiger partial charge in [-0.3, -0.25) is 14.9 Å². The minimum atomic E-state index is -0.800. The molecular weight excluding hydrogens is 316 g/mol. The Morgan fingerprint density at radius 1 is 1.16 bits per heavy atom. The van der Waals surface area contributed by atoms with Gasteiger partial charge in [0.2, 0.25) is 5.91 Å². The second-order valence-corrected chi connectivity index (χ2v) is 6.64. The lowest BCUT2D eigenvalue weighted by molar-refractivity contribution is -0.142. The Balaban J connectivity index is 1.90. The zero-order chi connectivity index (χ0) is 17.6. The Labute approximate surface area is 146 Å². The summed E-state index contributed by atoms with van der Waals surface area (Å²) in [4.78, 5) is 27.3. The highest BCUT2D eigenvalue weighted by atomic mass is 16.5. The normalized spacial score (nSPS) is 27.6. The molecule has 25 heavy (non-hydrogen) atoms. The highest BCUT2D eigenvalue weighted by Crippen LogP contribution is 2.54. The van der Waals surface area contributed by atoms with Crippen LogP contribution in [0.2, 0.25) is 0 Å². The number of hydrogen-bond donors (Lipinski definition) is 1. The first kappa shape index (κ1) is 15.8. The first-order valence-corrected chi connectivity index (χ1v) is 8.36. The number of benzene rings is 2. The molecule has 0 bridgehead atoms. The molecule has 2 aliphatic rings. The molecule has 1 saturated heterocycles. The Morgan fingerprint density at radius 2 is 1.84 bits per heavy atom. The van der Waals surface area contributed by atoms with E-state index in [9.17, 15) is 9.59 Å². The number of nitrogens with one attached hydrogen (secondary N) is 1. The molecule has 2 aliphatic heterocycles. The summed E-state index contributed by atoms with van der Waals surface area (Å²) in [5, 5.41) is 3.36. The predicted molar refractivity (Wildman–Crippen MR) is 94.3 cm³/mol. The van der Waals surface area contributed by atoms with Crippen molar-refractivity contribution in [1.29, 1.82) is 0 Å². The van der Waals surface area contributed by atoms with Gasteiger partial charge in [0, 0.05) is 12.7 Å². The first-order valence-electron chi connectivity index (χ1n) is 8.36. The molecule has 0 radical (unpaired) electrons. The summed E-state index contributed by atoms with van der Waals surface area (Å²) in [5.41, 5.74) is 2.06. The minimum Gasteiger partial charge on any atom is -0.468 e. The number of likely N-dealkylation sites (N-methyl/N-ethyl adjacent to an activating group) is 1. The average Bonchev–Trinajstić information content (AvgIpc) is 3.16. The highest BCUT2D eigenvalue weighted by molar-refractivity contribution is 6.09. The molecule has 0 aromatic heterocycles. The zero-order valence-electron chi connectivity index (χ0n) is 14.2. The molecule has 4 rings (SSSR count). The van der Waals surface area contributed by atoms with E-state index in [2.05, 4.69) is 5.32 Å². The summed E-state index contributed by atoms with van der Waals surface area (Å²) in [5.74, 6) is -0.320. The topological polar surface area (TPSA) is 58.6 Å². The Kier molecular flexibility index (Phi) is 3.62. The number of methoxy groups -OCH3 is 1. The van der Waals surface area contributed by atoms with Crippen LogP contribution in [0.5, 0.6) is 0 Å². The van der Waals surface area contributed by atoms with Gasteiger partial charge in [-0.15, -0.1) is 0 Å². The van der Waals surface area contributed by atoms with Gasteiger partial charge in [-0.05, 0) is 23.6 Å². The van der Waals surface area contributed by atoms with Crippen LogP contribution >= 0.6 is 0 Å². The van der Waals surface area contributed by atoms with Gasteiger partial charge in [0.1, 0.15) is 6.04 Å². The van der Waals surface area contributed by atoms with Gasteiger partial charge in [0.25, 0.3) is 0 Å². The van der Waals surface area contributed by atoms with Crippen LogP contribution in [0.1, 0.15) is 23.6 Å². The number of esters is 1. The lowest BCUT2D eigenvalue weighted by Crippen LogP contribution is -2.42. The summed E-state index contributed by atoms with van der Waals surface area (Å²) in [6.07, 6.45) is 0.388. The van der Waals surface area contributed by atoms with E-state index in [0.717, 1.165) is 16.8 Å². The minimum absolute atomic E-state index is 0.0152. The summed E-state index contributed by atoms with van der Waals surface area (Å²) >= 11 is 0. The number of para-hydroxylation sites is 1. The Morgan fingerprint density at radius 3 is 2.56 bits per heavy atom. The number of fused-ring (bicyclic) bond motifs is 2. The van der Waals surface area contributed by atoms with Gasteiger partial charge in [0.05, 0.1) is 18.6 Å². The lowest BCUT2D eigenvalue weighted by atomic mass is 9.72. The molecule has 1 amide bonds. The number of anilines is 1. The molecule has 1 N–H and O–H groups in total. The van der Waals surface area contributed by atoms with Gasteiger partial charge in [-0.2, -0.15) is 0 Å². The van der Waals surface area contributed by atoms with Gasteiger partial charge < -0.3 is 9.64 Å². The van der Waals surface area contributed by atoms with Gasteiger partial charge in [-0.25, -0.2) is 0 Å². The molecule has 3 atom stereocenters. The van der Waals surface area contributed by atoms with Crippen molar-refractivity contribution in [2.45, 2.75) is 23.9 Å². The molecule has 128 valence electrons. The van der Waals surface area contributed by atoms with Crippen LogP contribution in [0.4, 0.5) is 5.69 Å². The number of amides is 1. The zero-order valence-corrected chi connectivity index (χ0v) is 14.2. The number of carbonyl (C=O) groups is 2. The largest absolute Gasteiger partial charge is 0.468 e. The monoisotopic (exact) mass is 336 g/mol. The van der Waals surface area contributed by atoms with Crippen LogP contribution in [0, 0.1) is 0 Å². The van der Waals surface area contributed by atoms with Gasteiger partial charge in [-0.1, -0.05) is 48.5 Å². The second-order valence-electron chi connectivity index (χ2n) is 6.64. The lowest BCUT2D eigenvalue weighted by Gasteiger charge is -2.30. The second kappa shape index (κ2) is 5.70. The molecule has 5 heteroatoms. The maximum atomic E-state index is 13.4. The predicted octanol–water partition coefficient (Wildman–Crippen LogP) is 2.18. The number of hydrogen-bond acceptors (Lipinski definition) is 4. The van der Waals surface area contributed by atoms with E-state index in [1.54, 1.807) is 11.9 Å². The van der Waals surface area contributed by atoms with Crippen LogP contribution in [-0.2, 0) is 19.7 Å². The molecule has 0 unspecified atom stereocenters. The third-order valence-corrected chi connectivity index (χ3v) is 5.44. The van der Waals surface area contributed by atoms with E-state index in [4.69, 9.17) is 4.74 Å². The molecule has 2 aromatic carbocycles. The van der Waals surface area contributed by atoms with Crippen molar-refractivity contribution in [3.63, 3.8) is 0 Å². The standard InChI is InChI=1S/C20H20N2O3/c1-22-16-11-7-6-10-14(16)20(19(22)24)12-15(18(23)25-2)21-17(20)13-8-4-3-5-9-13/h3-11,15,17,21H,12H2,1-2H3/t15-,17+,20-/m1/s1. The van der Waals surface area contributed by atoms with Crippen molar-refractivity contribution in [1.82, 2.24) is 5.32 Å². The summed E-state index contributed by atoms with van der Waals surface area (Å²) in [7, 11) is 3.17. The third-order valence-electron chi connectivity index (χ3n) is 5.44. The number of nitrogens with zero attached hydrogens (tertiary/aromatic N) is 1. The van der Waals surface area contributed by atoms with Crippen molar-refractivity contribution in [2.24, 2.45) is 0 Å². The first-order chi connectivity index (χ1) is 12.1. The van der Waals surface area contributed by atoms with Crippen molar-refractivity contribution in [3.8, 4) is 0 Å². The molecule has 1 spiro atoms. The van der Waals surface area contributed by atoms with Gasteiger partial charge >= 0.3 is 5.97 Å². The van der Waals surface area contributed by atoms with E-state index < -0.39 is 11.5 Å². The SMILES string of the molecule is COC(=O)[C@H]1C[C@]2(C(=O)N(C)c3ccccc32)[C@H](c2ccccc2)N1. The average molecular weight is 336 g/mol. The maximum Gasteiger partial charge on any atom is 0.322 e. The van der Waals surface area contributed by atoms with Crippen molar-refractivity contribution >= 4 is 17.6 Å². The molecular formula is C20H20N2O3. The summed E-state index contributed by atoms with van der Waals surface area (Å²) in [6.45, 7) is 0. The molecule has 0 saturated carbocycles. The smallest absolute Gasteiger partial charge is 0.322 e. The van der Waals surface area contributed by atoms with E-state index in [1.807, 2.05) is 54.6 Å². The number of rotatable bonds is 2. The molecule has 5 nitrogen and oxygen atoms in total. The molecule has 2 heterocycles. The fourth-order valence-electron chi connectivity index (χ4n) is 4.31. The summed E-state index contributed by atoms with van der Waals surface area (Å²) in [6, 6.07) is 16.9. The van der Waals surface area contributed by atoms with Crippen LogP contribution in [0.25, 0.3) is 0 Å². The van der Waals surface area contributed by atoms with Gasteiger partial charge in [0.15, 0.2) is 0 Å². The third kappa shape index (κ3) is 2.12. The fourth-order valence-corrected chi connectivity index (χ4v) is 4.31. The molecule has 2 aromatic rings. The van der Waals surface area contributed by atoms with Crippen LogP contribution < -0.4 is 10.2 Å². The summed E-state index contributed by atoms with van der Waals surface area (Å²) < 4.78 is 4.94. The number of carbonyl (C=O) groups excluding carboxylic acids is 2. The van der Waals surface area contributed by atoms with E-state index in [0.29, 0.717) is 6.42 Å². The number of ether oxygens (including phenoxy) is 1. The van der Waals surface area contributed by atoms with Crippen LogP contribution in [-0.4, -0.2) is 32.1 Å². The van der Waals surface area contributed by atoms with E-state index in [1.165, 1.54) is 7.11 Å². The Bertz CT molecular complexity index is 836. The quantitative estimate of drug-likeness (QED) is 0.854. The van der Waals surface area contributed by atoms with E-state index in [-0.39, 0.29) is 17.9 Å². The van der Waals surface area contributed by atoms with Crippen LogP contribution in [0.15, 0.2) is 54.6 Å². The fraction of sp³-hybridized carbons (Fsp3) is 0.300. The maximum absolute atomic E-state index is 13.4. The highest BCUT2D eigenvalue weighted by Gasteiger charge is 2.61. The van der Waals surface area contributed by atoms with Crippen molar-refractivity contribution in [3.05, 3.63) is 65.7 Å². The van der Waals surface area contributed by atoms with E-state index >= 15 is 0 Å². The molecule has 1 fully saturated rings. The van der Waals surface area contributed by atoms with Crippen LogP contribution in [0.3, 0.4) is 0 Å².